The summed E-state index contributed by atoms with van der Waals surface area (Å²) >= 11 is 0. The van der Waals surface area contributed by atoms with Gasteiger partial charge in [-0.05, 0) is 61.4 Å². The number of rotatable bonds is 2. The van der Waals surface area contributed by atoms with Gasteiger partial charge >= 0.3 is 6.03 Å². The summed E-state index contributed by atoms with van der Waals surface area (Å²) < 4.78 is 37.8. The number of nitrogens with zero attached hydrogens (tertiary/aromatic N) is 2. The van der Waals surface area contributed by atoms with Crippen LogP contribution in [0.3, 0.4) is 0 Å². The van der Waals surface area contributed by atoms with Crippen LogP contribution in [0.4, 0.5) is 20.6 Å². The van der Waals surface area contributed by atoms with Gasteiger partial charge in [0, 0.05) is 11.4 Å². The quantitative estimate of drug-likeness (QED) is 0.759. The lowest BCUT2D eigenvalue weighted by atomic mass is 10.1. The summed E-state index contributed by atoms with van der Waals surface area (Å²) in [6.07, 6.45) is 0. The van der Waals surface area contributed by atoms with Crippen molar-refractivity contribution < 1.29 is 17.6 Å². The highest BCUT2D eigenvalue weighted by molar-refractivity contribution is 7.91. The SMILES string of the molecule is Cc1cc(C)cc(N2C(=O)N(c3ccc(F)cc3)[C@H]3CS(=O)(=O)C[C@@H]32)c1. The maximum absolute atomic E-state index is 13.3. The first-order valence-corrected chi connectivity index (χ1v) is 10.2. The largest absolute Gasteiger partial charge is 0.329 e. The van der Waals surface area contributed by atoms with Crippen molar-refractivity contribution >= 4 is 27.2 Å². The van der Waals surface area contributed by atoms with E-state index < -0.39 is 27.7 Å². The lowest BCUT2D eigenvalue weighted by Gasteiger charge is -2.23. The predicted octanol–water partition coefficient (Wildman–Crippen LogP) is 3.05. The Morgan fingerprint density at radius 2 is 1.38 bits per heavy atom. The van der Waals surface area contributed by atoms with Crippen LogP contribution in [-0.4, -0.2) is 38.0 Å². The van der Waals surface area contributed by atoms with Gasteiger partial charge < -0.3 is 0 Å². The lowest BCUT2D eigenvalue weighted by molar-refractivity contribution is 0.255. The Labute approximate surface area is 152 Å². The fraction of sp³-hybridized carbons (Fsp3) is 0.316. The fourth-order valence-corrected chi connectivity index (χ4v) is 5.92. The van der Waals surface area contributed by atoms with E-state index >= 15 is 0 Å². The second kappa shape index (κ2) is 5.81. The number of hydrogen-bond donors (Lipinski definition) is 0. The molecule has 136 valence electrons. The summed E-state index contributed by atoms with van der Waals surface area (Å²) in [5.74, 6) is -0.543. The third-order valence-electron chi connectivity index (χ3n) is 4.96. The van der Waals surface area contributed by atoms with Crippen molar-refractivity contribution in [2.24, 2.45) is 0 Å². The van der Waals surface area contributed by atoms with Gasteiger partial charge in [0.15, 0.2) is 9.84 Å². The second-order valence-corrected chi connectivity index (χ2v) is 9.21. The molecule has 0 radical (unpaired) electrons. The van der Waals surface area contributed by atoms with Crippen LogP contribution < -0.4 is 9.80 Å². The van der Waals surface area contributed by atoms with Crippen LogP contribution in [-0.2, 0) is 9.84 Å². The first-order chi connectivity index (χ1) is 12.2. The number of carbonyl (C=O) groups excluding carboxylic acids is 1. The van der Waals surface area contributed by atoms with Crippen LogP contribution in [0.25, 0.3) is 0 Å². The Bertz CT molecular complexity index is 968. The minimum absolute atomic E-state index is 0.0614. The van der Waals surface area contributed by atoms with E-state index in [0.29, 0.717) is 11.4 Å². The van der Waals surface area contributed by atoms with Gasteiger partial charge in [-0.1, -0.05) is 6.07 Å². The number of halogens is 1. The molecule has 4 rings (SSSR count). The number of carbonyl (C=O) groups is 1. The summed E-state index contributed by atoms with van der Waals surface area (Å²) in [4.78, 5) is 16.3. The van der Waals surface area contributed by atoms with Crippen LogP contribution in [0, 0.1) is 19.7 Å². The molecule has 0 bridgehead atoms. The molecular formula is C19H19FN2O3S. The zero-order valence-corrected chi connectivity index (χ0v) is 15.3. The van der Waals surface area contributed by atoms with Gasteiger partial charge in [-0.2, -0.15) is 0 Å². The molecule has 2 fully saturated rings. The highest BCUT2D eigenvalue weighted by Crippen LogP contribution is 2.38. The summed E-state index contributed by atoms with van der Waals surface area (Å²) in [6, 6.07) is 10.2. The molecule has 2 aliphatic heterocycles. The number of amides is 2. The monoisotopic (exact) mass is 374 g/mol. The average Bonchev–Trinajstić information content (AvgIpc) is 2.96. The first kappa shape index (κ1) is 17.0. The van der Waals surface area contributed by atoms with Crippen molar-refractivity contribution in [3.63, 3.8) is 0 Å². The molecule has 2 heterocycles. The van der Waals surface area contributed by atoms with Crippen molar-refractivity contribution in [3.05, 3.63) is 59.4 Å². The van der Waals surface area contributed by atoms with Crippen molar-refractivity contribution in [1.82, 2.24) is 0 Å². The van der Waals surface area contributed by atoms with Gasteiger partial charge in [-0.25, -0.2) is 17.6 Å². The van der Waals surface area contributed by atoms with Gasteiger partial charge in [0.05, 0.1) is 23.6 Å². The van der Waals surface area contributed by atoms with Crippen LogP contribution >= 0.6 is 0 Å². The number of fused-ring (bicyclic) bond motifs is 1. The number of urea groups is 1. The molecule has 2 amide bonds. The molecule has 26 heavy (non-hydrogen) atoms. The van der Waals surface area contributed by atoms with E-state index in [1.54, 1.807) is 4.90 Å². The van der Waals surface area contributed by atoms with E-state index in [9.17, 15) is 17.6 Å². The Morgan fingerprint density at radius 1 is 0.885 bits per heavy atom. The van der Waals surface area contributed by atoms with Crippen LogP contribution in [0.15, 0.2) is 42.5 Å². The normalized spacial score (nSPS) is 24.2. The Kier molecular flexibility index (Phi) is 3.80. The maximum Gasteiger partial charge on any atom is 0.329 e. The summed E-state index contributed by atoms with van der Waals surface area (Å²) in [5, 5.41) is 0. The highest BCUT2D eigenvalue weighted by atomic mass is 32.2. The van der Waals surface area contributed by atoms with E-state index in [2.05, 4.69) is 0 Å². The number of hydrogen-bond acceptors (Lipinski definition) is 3. The van der Waals surface area contributed by atoms with Crippen molar-refractivity contribution in [2.45, 2.75) is 25.9 Å². The fourth-order valence-electron chi connectivity index (χ4n) is 4.00. The minimum Gasteiger partial charge on any atom is -0.288 e. The molecule has 2 aromatic carbocycles. The van der Waals surface area contributed by atoms with Crippen LogP contribution in [0.1, 0.15) is 11.1 Å². The molecule has 7 heteroatoms. The number of anilines is 2. The van der Waals surface area contributed by atoms with E-state index in [1.165, 1.54) is 29.2 Å². The molecule has 2 saturated heterocycles. The molecule has 0 saturated carbocycles. The van der Waals surface area contributed by atoms with E-state index in [4.69, 9.17) is 0 Å². The molecule has 0 unspecified atom stereocenters. The molecule has 2 aliphatic rings. The molecular weight excluding hydrogens is 355 g/mol. The summed E-state index contributed by atoms with van der Waals surface area (Å²) in [7, 11) is -3.25. The smallest absolute Gasteiger partial charge is 0.288 e. The average molecular weight is 374 g/mol. The molecule has 5 nitrogen and oxygen atoms in total. The molecule has 2 aromatic rings. The lowest BCUT2D eigenvalue weighted by Crippen LogP contribution is -2.38. The van der Waals surface area contributed by atoms with E-state index in [-0.39, 0.29) is 17.5 Å². The van der Waals surface area contributed by atoms with E-state index in [1.807, 2.05) is 32.0 Å². The first-order valence-electron chi connectivity index (χ1n) is 8.42. The van der Waals surface area contributed by atoms with Gasteiger partial charge in [-0.3, -0.25) is 9.80 Å². The van der Waals surface area contributed by atoms with Crippen molar-refractivity contribution in [2.75, 3.05) is 21.3 Å². The molecule has 0 aromatic heterocycles. The molecule has 2 atom stereocenters. The molecule has 0 aliphatic carbocycles. The van der Waals surface area contributed by atoms with Crippen molar-refractivity contribution in [1.29, 1.82) is 0 Å². The number of sulfone groups is 1. The molecule has 0 N–H and O–H groups in total. The Hall–Kier alpha value is -2.41. The van der Waals surface area contributed by atoms with E-state index in [0.717, 1.165) is 11.1 Å². The third kappa shape index (κ3) is 2.76. The number of aryl methyl sites for hydroxylation is 2. The zero-order chi connectivity index (χ0) is 18.6. The molecule has 0 spiro atoms. The Morgan fingerprint density at radius 3 is 1.92 bits per heavy atom. The number of benzene rings is 2. The van der Waals surface area contributed by atoms with Gasteiger partial charge in [0.1, 0.15) is 5.82 Å². The van der Waals surface area contributed by atoms with Gasteiger partial charge in [0.25, 0.3) is 0 Å². The van der Waals surface area contributed by atoms with Gasteiger partial charge in [-0.15, -0.1) is 0 Å². The van der Waals surface area contributed by atoms with Crippen molar-refractivity contribution in [3.8, 4) is 0 Å². The highest BCUT2D eigenvalue weighted by Gasteiger charge is 2.54. The van der Waals surface area contributed by atoms with Crippen LogP contribution in [0.2, 0.25) is 0 Å². The Balaban J connectivity index is 1.82. The topological polar surface area (TPSA) is 57.7 Å². The summed E-state index contributed by atoms with van der Waals surface area (Å²) in [5.41, 5.74) is 3.22. The zero-order valence-electron chi connectivity index (χ0n) is 14.5. The summed E-state index contributed by atoms with van der Waals surface area (Å²) in [6.45, 7) is 3.88. The second-order valence-electron chi connectivity index (χ2n) is 7.06. The maximum atomic E-state index is 13.3. The van der Waals surface area contributed by atoms with Gasteiger partial charge in [0.2, 0.25) is 0 Å². The van der Waals surface area contributed by atoms with Crippen LogP contribution in [0.5, 0.6) is 0 Å². The standard InChI is InChI=1S/C19H19FN2O3S/c1-12-7-13(2)9-16(8-12)22-18-11-26(24,25)10-17(18)21(19(22)23)15-5-3-14(20)4-6-15/h3-9,17-18H,10-11H2,1-2H3/t17-,18-/m0/s1. The minimum atomic E-state index is -3.25. The predicted molar refractivity (Wildman–Crippen MR) is 98.9 cm³/mol. The third-order valence-corrected chi connectivity index (χ3v) is 6.66.